The van der Waals surface area contributed by atoms with Gasteiger partial charge in [-0.15, -0.1) is 11.3 Å². The molecule has 6 heteroatoms. The highest BCUT2D eigenvalue weighted by Crippen LogP contribution is 2.31. The average Bonchev–Trinajstić information content (AvgIpc) is 3.24. The Hall–Kier alpha value is -1.24. The van der Waals surface area contributed by atoms with Gasteiger partial charge in [-0.3, -0.25) is 4.79 Å². The van der Waals surface area contributed by atoms with E-state index < -0.39 is 0 Å². The van der Waals surface area contributed by atoms with Crippen LogP contribution in [0.4, 0.5) is 0 Å². The predicted octanol–water partition coefficient (Wildman–Crippen LogP) is 3.66. The van der Waals surface area contributed by atoms with E-state index in [4.69, 9.17) is 4.74 Å². The van der Waals surface area contributed by atoms with Crippen LogP contribution < -0.4 is 0 Å². The topological polar surface area (TPSA) is 42.4 Å². The van der Waals surface area contributed by atoms with Gasteiger partial charge in [0.15, 0.2) is 0 Å². The molecule has 3 heterocycles. The number of nitrogens with zero attached hydrogens (tertiary/aromatic N) is 2. The van der Waals surface area contributed by atoms with E-state index in [1.807, 2.05) is 21.7 Å². The number of aromatic nitrogens is 1. The summed E-state index contributed by atoms with van der Waals surface area (Å²) < 4.78 is 5.85. The lowest BCUT2D eigenvalue weighted by Crippen LogP contribution is -2.54. The molecule has 22 heavy (non-hydrogen) atoms. The molecular weight excluding hydrogens is 316 g/mol. The van der Waals surface area contributed by atoms with Crippen LogP contribution in [-0.4, -0.2) is 41.1 Å². The van der Waals surface area contributed by atoms with Crippen LogP contribution in [0, 0.1) is 0 Å². The molecule has 2 fully saturated rings. The molecule has 1 aliphatic carbocycles. The Morgan fingerprint density at radius 3 is 3.09 bits per heavy atom. The van der Waals surface area contributed by atoms with Crippen molar-refractivity contribution in [2.45, 2.75) is 37.8 Å². The van der Waals surface area contributed by atoms with E-state index in [9.17, 15) is 4.79 Å². The molecule has 2 unspecified atom stereocenters. The van der Waals surface area contributed by atoms with Crippen molar-refractivity contribution in [3.63, 3.8) is 0 Å². The molecule has 0 bridgehead atoms. The van der Waals surface area contributed by atoms with Gasteiger partial charge in [0.1, 0.15) is 10.7 Å². The summed E-state index contributed by atoms with van der Waals surface area (Å²) in [4.78, 5) is 19.4. The molecule has 1 aliphatic heterocycles. The Labute approximate surface area is 137 Å². The summed E-state index contributed by atoms with van der Waals surface area (Å²) >= 11 is 3.20. The minimum atomic E-state index is 0.0675. The van der Waals surface area contributed by atoms with Crippen LogP contribution in [0.1, 0.15) is 36.2 Å². The van der Waals surface area contributed by atoms with Crippen LogP contribution in [0.3, 0.4) is 0 Å². The zero-order valence-electron chi connectivity index (χ0n) is 12.2. The van der Waals surface area contributed by atoms with Gasteiger partial charge in [-0.2, -0.15) is 11.3 Å². The molecule has 2 aliphatic rings. The second-order valence-electron chi connectivity index (χ2n) is 5.81. The van der Waals surface area contributed by atoms with Crippen molar-refractivity contribution in [3.8, 4) is 10.6 Å². The first-order valence-corrected chi connectivity index (χ1v) is 9.56. The number of thiazole rings is 1. The van der Waals surface area contributed by atoms with E-state index in [0.29, 0.717) is 18.8 Å². The summed E-state index contributed by atoms with van der Waals surface area (Å²) in [5.41, 5.74) is 1.68. The molecule has 1 saturated heterocycles. The smallest absolute Gasteiger partial charge is 0.273 e. The number of carbonyl (C=O) groups is 1. The molecule has 116 valence electrons. The highest BCUT2D eigenvalue weighted by atomic mass is 32.1. The highest BCUT2D eigenvalue weighted by molar-refractivity contribution is 7.14. The maximum absolute atomic E-state index is 12.9. The molecule has 2 aromatic rings. The molecule has 4 nitrogen and oxygen atoms in total. The van der Waals surface area contributed by atoms with Crippen molar-refractivity contribution in [2.75, 3.05) is 13.2 Å². The first kappa shape index (κ1) is 14.4. The molecule has 2 atom stereocenters. The molecule has 1 amide bonds. The molecule has 0 spiro atoms. The Morgan fingerprint density at radius 1 is 1.32 bits per heavy atom. The molecule has 0 N–H and O–H groups in total. The summed E-state index contributed by atoms with van der Waals surface area (Å²) in [5, 5.41) is 6.92. The van der Waals surface area contributed by atoms with Crippen LogP contribution in [0.15, 0.2) is 22.2 Å². The zero-order valence-corrected chi connectivity index (χ0v) is 13.9. The van der Waals surface area contributed by atoms with Crippen LogP contribution >= 0.6 is 22.7 Å². The number of ether oxygens (including phenoxy) is 1. The van der Waals surface area contributed by atoms with Gasteiger partial charge in [0.25, 0.3) is 5.91 Å². The number of fused-ring (bicyclic) bond motifs is 1. The third-order valence-corrected chi connectivity index (χ3v) is 6.06. The average molecular weight is 334 g/mol. The van der Waals surface area contributed by atoms with Crippen LogP contribution in [-0.2, 0) is 4.74 Å². The summed E-state index contributed by atoms with van der Waals surface area (Å²) in [7, 11) is 0. The summed E-state index contributed by atoms with van der Waals surface area (Å²) in [5.74, 6) is 0.0675. The van der Waals surface area contributed by atoms with Gasteiger partial charge in [-0.1, -0.05) is 12.8 Å². The number of hydrogen-bond donors (Lipinski definition) is 0. The summed E-state index contributed by atoms with van der Waals surface area (Å²) in [6, 6.07) is 2.28. The molecular formula is C16H18N2O2S2. The van der Waals surface area contributed by atoms with Gasteiger partial charge in [-0.25, -0.2) is 4.98 Å². The molecule has 0 aromatic carbocycles. The highest BCUT2D eigenvalue weighted by Gasteiger charge is 2.37. The monoisotopic (exact) mass is 334 g/mol. The van der Waals surface area contributed by atoms with Gasteiger partial charge in [0, 0.05) is 22.9 Å². The van der Waals surface area contributed by atoms with Crippen LogP contribution in [0.2, 0.25) is 0 Å². The predicted molar refractivity (Wildman–Crippen MR) is 88.5 cm³/mol. The first-order chi connectivity index (χ1) is 10.8. The lowest BCUT2D eigenvalue weighted by atomic mass is 9.90. The third-order valence-electron chi connectivity index (χ3n) is 4.48. The van der Waals surface area contributed by atoms with Crippen molar-refractivity contribution in [3.05, 3.63) is 27.9 Å². The van der Waals surface area contributed by atoms with Crippen molar-refractivity contribution < 1.29 is 9.53 Å². The van der Waals surface area contributed by atoms with Crippen molar-refractivity contribution >= 4 is 28.6 Å². The zero-order chi connectivity index (χ0) is 14.9. The van der Waals surface area contributed by atoms with Gasteiger partial charge >= 0.3 is 0 Å². The molecule has 2 aromatic heterocycles. The van der Waals surface area contributed by atoms with Gasteiger partial charge in [0.2, 0.25) is 0 Å². The SMILES string of the molecule is O=C(c1csc(-c2ccsc2)n1)N1CCOC2CCCCC21. The minimum Gasteiger partial charge on any atom is -0.374 e. The Bertz CT molecular complexity index is 651. The standard InChI is InChI=1S/C16H18N2O2S2/c19-16(12-10-22-15(17-12)11-5-8-21-9-11)18-6-7-20-14-4-2-1-3-13(14)18/h5,8-10,13-14H,1-4,6-7H2. The van der Waals surface area contributed by atoms with Gasteiger partial charge in [0.05, 0.1) is 18.8 Å². The quantitative estimate of drug-likeness (QED) is 0.842. The van der Waals surface area contributed by atoms with Crippen molar-refractivity contribution in [1.82, 2.24) is 9.88 Å². The largest absolute Gasteiger partial charge is 0.374 e. The number of morpholine rings is 1. The second-order valence-corrected chi connectivity index (χ2v) is 7.45. The van der Waals surface area contributed by atoms with Crippen molar-refractivity contribution in [1.29, 1.82) is 0 Å². The minimum absolute atomic E-state index is 0.0675. The lowest BCUT2D eigenvalue weighted by molar-refractivity contribution is -0.0754. The Morgan fingerprint density at radius 2 is 2.23 bits per heavy atom. The van der Waals surface area contributed by atoms with Crippen LogP contribution in [0.25, 0.3) is 10.6 Å². The van der Waals surface area contributed by atoms with E-state index >= 15 is 0 Å². The number of rotatable bonds is 2. The fourth-order valence-corrected chi connectivity index (χ4v) is 4.89. The maximum atomic E-state index is 12.9. The fraction of sp³-hybridized carbons (Fsp3) is 0.500. The van der Waals surface area contributed by atoms with E-state index in [1.165, 1.54) is 12.8 Å². The van der Waals surface area contributed by atoms with E-state index in [-0.39, 0.29) is 18.1 Å². The second kappa shape index (κ2) is 6.10. The van der Waals surface area contributed by atoms with Crippen molar-refractivity contribution in [2.24, 2.45) is 0 Å². The third kappa shape index (κ3) is 2.59. The number of amides is 1. The van der Waals surface area contributed by atoms with E-state index in [2.05, 4.69) is 10.4 Å². The van der Waals surface area contributed by atoms with Gasteiger partial charge in [-0.05, 0) is 24.3 Å². The Balaban J connectivity index is 1.56. The summed E-state index contributed by atoms with van der Waals surface area (Å²) in [6.07, 6.45) is 4.75. The van der Waals surface area contributed by atoms with E-state index in [1.54, 1.807) is 22.7 Å². The molecule has 4 rings (SSSR count). The number of thiophene rings is 1. The Kier molecular flexibility index (Phi) is 3.98. The fourth-order valence-electron chi connectivity index (χ4n) is 3.39. The maximum Gasteiger partial charge on any atom is 0.273 e. The number of carbonyl (C=O) groups excluding carboxylic acids is 1. The first-order valence-electron chi connectivity index (χ1n) is 7.73. The normalized spacial score (nSPS) is 25.0. The lowest BCUT2D eigenvalue weighted by Gasteiger charge is -2.43. The summed E-state index contributed by atoms with van der Waals surface area (Å²) in [6.45, 7) is 1.33. The number of hydrogen-bond acceptors (Lipinski definition) is 5. The van der Waals surface area contributed by atoms with E-state index in [0.717, 1.165) is 23.4 Å². The van der Waals surface area contributed by atoms with Crippen LogP contribution in [0.5, 0.6) is 0 Å². The molecule has 0 radical (unpaired) electrons. The van der Waals surface area contributed by atoms with Gasteiger partial charge < -0.3 is 9.64 Å². The molecule has 1 saturated carbocycles.